The van der Waals surface area contributed by atoms with E-state index in [1.54, 1.807) is 6.20 Å². The van der Waals surface area contributed by atoms with Crippen molar-refractivity contribution in [3.8, 4) is 11.1 Å². The maximum absolute atomic E-state index is 12.6. The molecule has 1 aromatic carbocycles. The number of urea groups is 1. The third kappa shape index (κ3) is 3.48. The molecular weight excluding hydrogens is 388 g/mol. The van der Waals surface area contributed by atoms with E-state index in [-0.39, 0.29) is 0 Å². The number of sulfonamides is 1. The monoisotopic (exact) mass is 412 g/mol. The summed E-state index contributed by atoms with van der Waals surface area (Å²) >= 11 is 0. The largest absolute Gasteiger partial charge is 0.346 e. The summed E-state index contributed by atoms with van der Waals surface area (Å²) in [5, 5.41) is 3.11. The first-order valence-corrected chi connectivity index (χ1v) is 11.2. The van der Waals surface area contributed by atoms with Crippen LogP contribution in [0.25, 0.3) is 22.2 Å². The first-order valence-electron chi connectivity index (χ1n) is 9.68. The normalized spacial score (nSPS) is 13.7. The average molecular weight is 413 g/mol. The van der Waals surface area contributed by atoms with Crippen molar-refractivity contribution in [2.75, 3.05) is 5.32 Å². The molecule has 0 saturated heterocycles. The lowest BCUT2D eigenvalue weighted by atomic mass is 9.92. The molecule has 1 aliphatic carbocycles. The predicted octanol–water partition coefficient (Wildman–Crippen LogP) is 3.89. The highest BCUT2D eigenvalue weighted by molar-refractivity contribution is 7.90. The second-order valence-corrected chi connectivity index (χ2v) is 9.92. The smallest absolute Gasteiger partial charge is 0.332 e. The number of carbonyl (C=O) groups excluding carboxylic acids is 1. The third-order valence-electron chi connectivity index (χ3n) is 5.42. The Bertz CT molecular complexity index is 1210. The quantitative estimate of drug-likeness (QED) is 0.605. The van der Waals surface area contributed by atoms with Crippen molar-refractivity contribution in [2.24, 2.45) is 0 Å². The van der Waals surface area contributed by atoms with Crippen LogP contribution in [-0.2, 0) is 22.9 Å². The fourth-order valence-corrected chi connectivity index (χ4v) is 4.49. The molecule has 1 aliphatic rings. The van der Waals surface area contributed by atoms with Crippen LogP contribution >= 0.6 is 0 Å². The summed E-state index contributed by atoms with van der Waals surface area (Å²) in [6, 6.07) is 5.31. The number of aromatic amines is 1. The molecule has 8 heteroatoms. The lowest BCUT2D eigenvalue weighted by Crippen LogP contribution is -2.38. The zero-order chi connectivity index (χ0) is 20.8. The average Bonchev–Trinajstić information content (AvgIpc) is 3.29. The van der Waals surface area contributed by atoms with Crippen LogP contribution < -0.4 is 10.0 Å². The topological polar surface area (TPSA) is 104 Å². The van der Waals surface area contributed by atoms with Gasteiger partial charge in [-0.05, 0) is 74.4 Å². The fourth-order valence-electron chi connectivity index (χ4n) is 3.94. The number of hydrogen-bond donors (Lipinski definition) is 3. The zero-order valence-corrected chi connectivity index (χ0v) is 17.5. The number of rotatable bonds is 4. The number of anilines is 1. The van der Waals surface area contributed by atoms with Crippen LogP contribution in [0.2, 0.25) is 0 Å². The van der Waals surface area contributed by atoms with E-state index in [4.69, 9.17) is 0 Å². The van der Waals surface area contributed by atoms with Gasteiger partial charge < -0.3 is 10.3 Å². The van der Waals surface area contributed by atoms with Gasteiger partial charge in [0.15, 0.2) is 0 Å². The third-order valence-corrected chi connectivity index (χ3v) is 7.13. The number of hydrogen-bond acceptors (Lipinski definition) is 4. The molecule has 7 nitrogen and oxygen atoms in total. The van der Waals surface area contributed by atoms with E-state index >= 15 is 0 Å². The van der Waals surface area contributed by atoms with Crippen molar-refractivity contribution >= 4 is 32.8 Å². The highest BCUT2D eigenvalue weighted by atomic mass is 32.2. The lowest BCUT2D eigenvalue weighted by molar-refractivity contribution is 0.256. The van der Waals surface area contributed by atoms with Crippen molar-refractivity contribution in [1.29, 1.82) is 0 Å². The van der Waals surface area contributed by atoms with E-state index in [9.17, 15) is 13.2 Å². The van der Waals surface area contributed by atoms with Crippen molar-refractivity contribution in [3.05, 3.63) is 47.3 Å². The Morgan fingerprint density at radius 2 is 2.03 bits per heavy atom. The first kappa shape index (κ1) is 19.4. The summed E-state index contributed by atoms with van der Waals surface area (Å²) in [7, 11) is -3.72. The molecule has 0 bridgehead atoms. The van der Waals surface area contributed by atoms with Gasteiger partial charge in [0.05, 0.1) is 10.9 Å². The summed E-state index contributed by atoms with van der Waals surface area (Å²) in [5.41, 5.74) is 6.60. The second kappa shape index (κ2) is 7.18. The molecule has 0 radical (unpaired) electrons. The van der Waals surface area contributed by atoms with Gasteiger partial charge in [-0.2, -0.15) is 0 Å². The second-order valence-electron chi connectivity index (χ2n) is 7.68. The number of nitrogens with zero attached hydrogens (tertiary/aromatic N) is 1. The Balaban J connectivity index is 1.85. The van der Waals surface area contributed by atoms with Gasteiger partial charge in [-0.3, -0.25) is 0 Å². The summed E-state index contributed by atoms with van der Waals surface area (Å²) in [4.78, 5) is 20.1. The number of H-pyrrole nitrogens is 1. The minimum absolute atomic E-state index is 0.683. The van der Waals surface area contributed by atoms with Gasteiger partial charge in [-0.15, -0.1) is 0 Å². The van der Waals surface area contributed by atoms with Gasteiger partial charge in [-0.1, -0.05) is 6.07 Å². The molecule has 29 heavy (non-hydrogen) atoms. The molecule has 3 aromatic rings. The van der Waals surface area contributed by atoms with Crippen LogP contribution in [0.15, 0.2) is 30.6 Å². The Labute approximate surface area is 170 Å². The maximum Gasteiger partial charge on any atom is 0.332 e. The van der Waals surface area contributed by atoms with Crippen LogP contribution in [0.5, 0.6) is 0 Å². The summed E-state index contributed by atoms with van der Waals surface area (Å²) in [6.45, 7) is 5.08. The number of aromatic nitrogens is 2. The van der Waals surface area contributed by atoms with Gasteiger partial charge in [0.1, 0.15) is 5.65 Å². The van der Waals surface area contributed by atoms with E-state index in [2.05, 4.69) is 26.1 Å². The SMILES string of the molecule is Cc1cc2c(c(NC(=O)NS(=O)(=O)C(C)C)c1-c1ccnc3[nH]ccc13)CCC2. The molecule has 0 atom stereocenters. The Hall–Kier alpha value is -2.87. The van der Waals surface area contributed by atoms with Gasteiger partial charge in [-0.25, -0.2) is 22.9 Å². The molecule has 2 aromatic heterocycles. The molecule has 4 rings (SSSR count). The Kier molecular flexibility index (Phi) is 4.82. The molecule has 0 fully saturated rings. The number of benzene rings is 1. The Morgan fingerprint density at radius 3 is 2.79 bits per heavy atom. The van der Waals surface area contributed by atoms with E-state index < -0.39 is 21.3 Å². The summed E-state index contributed by atoms with van der Waals surface area (Å²) in [6.07, 6.45) is 6.37. The first-order chi connectivity index (χ1) is 13.8. The molecule has 0 unspecified atom stereocenters. The summed E-state index contributed by atoms with van der Waals surface area (Å²) < 4.78 is 26.4. The van der Waals surface area contributed by atoms with Crippen molar-refractivity contribution in [1.82, 2.24) is 14.7 Å². The maximum atomic E-state index is 12.6. The minimum Gasteiger partial charge on any atom is -0.346 e. The predicted molar refractivity (Wildman–Crippen MR) is 115 cm³/mol. The standard InChI is InChI=1S/C21H24N4O3S/c1-12(2)29(27,28)25-21(26)24-19-15-6-4-5-14(15)11-13(3)18(19)16-7-9-22-20-17(16)8-10-23-20/h7-12H,4-6H2,1-3H3,(H,22,23)(H2,24,25,26). The molecular formula is C21H24N4O3S. The van der Waals surface area contributed by atoms with Crippen LogP contribution in [-0.4, -0.2) is 29.7 Å². The lowest BCUT2D eigenvalue weighted by Gasteiger charge is -2.20. The Morgan fingerprint density at radius 1 is 1.24 bits per heavy atom. The van der Waals surface area contributed by atoms with Crippen LogP contribution in [0, 0.1) is 6.92 Å². The molecule has 3 N–H and O–H groups in total. The zero-order valence-electron chi connectivity index (χ0n) is 16.7. The molecule has 2 heterocycles. The van der Waals surface area contributed by atoms with Crippen LogP contribution in [0.4, 0.5) is 10.5 Å². The number of nitrogens with one attached hydrogen (secondary N) is 3. The van der Waals surface area contributed by atoms with Gasteiger partial charge >= 0.3 is 6.03 Å². The number of carbonyl (C=O) groups is 1. The van der Waals surface area contributed by atoms with E-state index in [0.29, 0.717) is 5.69 Å². The molecule has 152 valence electrons. The molecule has 0 aliphatic heterocycles. The molecule has 0 spiro atoms. The van der Waals surface area contributed by atoms with E-state index in [1.165, 1.54) is 19.4 Å². The van der Waals surface area contributed by atoms with E-state index in [1.807, 2.05) is 25.3 Å². The van der Waals surface area contributed by atoms with Gasteiger partial charge in [0.25, 0.3) is 0 Å². The van der Waals surface area contributed by atoms with Gasteiger partial charge in [0, 0.05) is 23.3 Å². The van der Waals surface area contributed by atoms with Crippen molar-refractivity contribution < 1.29 is 13.2 Å². The summed E-state index contributed by atoms with van der Waals surface area (Å²) in [5.74, 6) is 0. The number of aryl methyl sites for hydroxylation is 2. The number of fused-ring (bicyclic) bond motifs is 2. The molecule has 2 amide bonds. The van der Waals surface area contributed by atoms with E-state index in [0.717, 1.165) is 52.5 Å². The number of pyridine rings is 1. The van der Waals surface area contributed by atoms with Gasteiger partial charge in [0.2, 0.25) is 10.0 Å². The fraction of sp³-hybridized carbons (Fsp3) is 0.333. The van der Waals surface area contributed by atoms with Crippen molar-refractivity contribution in [2.45, 2.75) is 45.3 Å². The van der Waals surface area contributed by atoms with Crippen molar-refractivity contribution in [3.63, 3.8) is 0 Å². The molecule has 0 saturated carbocycles. The van der Waals surface area contributed by atoms with Crippen LogP contribution in [0.3, 0.4) is 0 Å². The highest BCUT2D eigenvalue weighted by Crippen LogP contribution is 2.42. The minimum atomic E-state index is -3.72. The number of amides is 2. The highest BCUT2D eigenvalue weighted by Gasteiger charge is 2.25. The van der Waals surface area contributed by atoms with Crippen LogP contribution in [0.1, 0.15) is 37.0 Å².